The molecule has 0 aliphatic carbocycles. The summed E-state index contributed by atoms with van der Waals surface area (Å²) >= 11 is 8.20. The molecule has 28 heavy (non-hydrogen) atoms. The maximum Gasteiger partial charge on any atom is 0.244 e. The fourth-order valence-corrected chi connectivity index (χ4v) is 4.75. The Morgan fingerprint density at radius 1 is 1.39 bits per heavy atom. The number of hydrogen-bond acceptors (Lipinski definition) is 4. The van der Waals surface area contributed by atoms with Gasteiger partial charge in [0, 0.05) is 29.6 Å². The molecule has 1 aliphatic rings. The third-order valence-corrected chi connectivity index (χ3v) is 6.34. The Hall–Kier alpha value is -1.63. The first kappa shape index (κ1) is 21.1. The van der Waals surface area contributed by atoms with Gasteiger partial charge in [0.2, 0.25) is 5.91 Å². The van der Waals surface area contributed by atoms with Crippen LogP contribution in [-0.4, -0.2) is 40.2 Å². The number of rotatable bonds is 8. The van der Waals surface area contributed by atoms with Crippen LogP contribution in [0.4, 0.5) is 0 Å². The van der Waals surface area contributed by atoms with Crippen LogP contribution in [0.5, 0.6) is 0 Å². The van der Waals surface area contributed by atoms with Crippen LogP contribution in [0.15, 0.2) is 23.6 Å². The zero-order valence-electron chi connectivity index (χ0n) is 16.8. The first-order valence-electron chi connectivity index (χ1n) is 9.92. The number of thiophene rings is 1. The van der Waals surface area contributed by atoms with Gasteiger partial charge in [-0.3, -0.25) is 14.4 Å². The highest BCUT2D eigenvalue weighted by molar-refractivity contribution is 7.10. The number of aromatic nitrogens is 2. The van der Waals surface area contributed by atoms with Crippen LogP contribution in [0, 0.1) is 12.8 Å². The molecule has 1 fully saturated rings. The number of carbonyl (C=O) groups is 1. The summed E-state index contributed by atoms with van der Waals surface area (Å²) < 4.78 is 1.80. The molecule has 0 radical (unpaired) electrons. The van der Waals surface area contributed by atoms with E-state index in [1.165, 1.54) is 17.7 Å². The lowest BCUT2D eigenvalue weighted by molar-refractivity contribution is -0.116. The standard InChI is InChI=1S/C21H29ClN4OS/c1-15(2)14-26-21(22)17(16(3)24-26)8-9-20(27)23-13-18(19-7-6-12-28-19)25-10-4-5-11-25/h6-9,12,15,18H,4-5,10-11,13-14H2,1-3H3,(H,23,27)/b9-8+. The van der Waals surface area contributed by atoms with E-state index < -0.39 is 0 Å². The van der Waals surface area contributed by atoms with Crippen molar-refractivity contribution in [1.82, 2.24) is 20.0 Å². The van der Waals surface area contributed by atoms with Crippen LogP contribution in [0.3, 0.4) is 0 Å². The molecular formula is C21H29ClN4OS. The van der Waals surface area contributed by atoms with Gasteiger partial charge in [-0.15, -0.1) is 11.3 Å². The first-order valence-corrected chi connectivity index (χ1v) is 11.2. The molecule has 0 saturated carbocycles. The van der Waals surface area contributed by atoms with Gasteiger partial charge < -0.3 is 5.32 Å². The number of aryl methyl sites for hydroxylation is 1. The number of carbonyl (C=O) groups excluding carboxylic acids is 1. The van der Waals surface area contributed by atoms with Crippen molar-refractivity contribution in [2.75, 3.05) is 19.6 Å². The second-order valence-electron chi connectivity index (χ2n) is 7.72. The maximum absolute atomic E-state index is 12.4. The van der Waals surface area contributed by atoms with E-state index in [0.29, 0.717) is 17.6 Å². The van der Waals surface area contributed by atoms with Crippen molar-refractivity contribution in [3.8, 4) is 0 Å². The summed E-state index contributed by atoms with van der Waals surface area (Å²) in [7, 11) is 0. The Kier molecular flexibility index (Phi) is 7.32. The highest BCUT2D eigenvalue weighted by Gasteiger charge is 2.24. The normalized spacial score (nSPS) is 16.3. The van der Waals surface area contributed by atoms with E-state index >= 15 is 0 Å². The third-order valence-electron chi connectivity index (χ3n) is 4.97. The Balaban J connectivity index is 1.62. The van der Waals surface area contributed by atoms with Crippen molar-refractivity contribution in [2.24, 2.45) is 5.92 Å². The zero-order chi connectivity index (χ0) is 20.1. The van der Waals surface area contributed by atoms with E-state index in [4.69, 9.17) is 11.6 Å². The highest BCUT2D eigenvalue weighted by atomic mass is 35.5. The van der Waals surface area contributed by atoms with Crippen molar-refractivity contribution in [2.45, 2.75) is 46.2 Å². The molecule has 152 valence electrons. The Morgan fingerprint density at radius 3 is 2.79 bits per heavy atom. The Labute approximate surface area is 176 Å². The number of nitrogens with one attached hydrogen (secondary N) is 1. The molecule has 1 N–H and O–H groups in total. The smallest absolute Gasteiger partial charge is 0.244 e. The topological polar surface area (TPSA) is 50.2 Å². The SMILES string of the molecule is Cc1nn(CC(C)C)c(Cl)c1/C=C/C(=O)NCC(c1cccs1)N1CCCC1. The molecule has 3 rings (SSSR count). The van der Waals surface area contributed by atoms with Crippen molar-refractivity contribution >= 4 is 34.9 Å². The molecular weight excluding hydrogens is 392 g/mol. The van der Waals surface area contributed by atoms with Gasteiger partial charge in [-0.25, -0.2) is 0 Å². The van der Waals surface area contributed by atoms with Crippen molar-refractivity contribution in [3.63, 3.8) is 0 Å². The van der Waals surface area contributed by atoms with Crippen molar-refractivity contribution in [1.29, 1.82) is 0 Å². The summed E-state index contributed by atoms with van der Waals surface area (Å²) in [5.74, 6) is 0.351. The molecule has 0 bridgehead atoms. The summed E-state index contributed by atoms with van der Waals surface area (Å²) in [6, 6.07) is 4.48. The van der Waals surface area contributed by atoms with Crippen LogP contribution in [0.1, 0.15) is 48.9 Å². The second kappa shape index (κ2) is 9.72. The molecule has 1 unspecified atom stereocenters. The lowest BCUT2D eigenvalue weighted by atomic mass is 10.2. The minimum absolute atomic E-state index is 0.104. The molecule has 1 saturated heterocycles. The fraction of sp³-hybridized carbons (Fsp3) is 0.524. The van der Waals surface area contributed by atoms with Gasteiger partial charge in [-0.2, -0.15) is 5.10 Å². The quantitative estimate of drug-likeness (QED) is 0.638. The third kappa shape index (κ3) is 5.25. The monoisotopic (exact) mass is 420 g/mol. The van der Waals surface area contributed by atoms with Gasteiger partial charge >= 0.3 is 0 Å². The number of nitrogens with zero attached hydrogens (tertiary/aromatic N) is 3. The molecule has 1 amide bonds. The zero-order valence-corrected chi connectivity index (χ0v) is 18.4. The number of amides is 1. The van der Waals surface area contributed by atoms with Gasteiger partial charge in [0.15, 0.2) is 0 Å². The molecule has 0 aromatic carbocycles. The number of hydrogen-bond donors (Lipinski definition) is 1. The fourth-order valence-electron chi connectivity index (χ4n) is 3.58. The lowest BCUT2D eigenvalue weighted by Gasteiger charge is -2.26. The maximum atomic E-state index is 12.4. The summed E-state index contributed by atoms with van der Waals surface area (Å²) in [6.45, 7) is 9.74. The first-order chi connectivity index (χ1) is 13.5. The minimum atomic E-state index is -0.104. The van der Waals surface area contributed by atoms with Gasteiger partial charge in [0.1, 0.15) is 5.15 Å². The van der Waals surface area contributed by atoms with E-state index in [0.717, 1.165) is 30.9 Å². The molecule has 1 atom stereocenters. The molecule has 7 heteroatoms. The van der Waals surface area contributed by atoms with E-state index in [2.05, 4.69) is 46.7 Å². The van der Waals surface area contributed by atoms with Gasteiger partial charge in [-0.1, -0.05) is 31.5 Å². The van der Waals surface area contributed by atoms with Crippen molar-refractivity contribution < 1.29 is 4.79 Å². The molecule has 5 nitrogen and oxygen atoms in total. The molecule has 2 aromatic heterocycles. The Morgan fingerprint density at radius 2 is 2.14 bits per heavy atom. The molecule has 1 aliphatic heterocycles. The second-order valence-corrected chi connectivity index (χ2v) is 9.06. The summed E-state index contributed by atoms with van der Waals surface area (Å²) in [5.41, 5.74) is 1.65. The van der Waals surface area contributed by atoms with E-state index in [9.17, 15) is 4.79 Å². The number of halogens is 1. The van der Waals surface area contributed by atoms with Crippen molar-refractivity contribution in [3.05, 3.63) is 44.9 Å². The minimum Gasteiger partial charge on any atom is -0.351 e. The van der Waals surface area contributed by atoms with Crippen LogP contribution in [0.2, 0.25) is 5.15 Å². The van der Waals surface area contributed by atoms with E-state index in [1.54, 1.807) is 28.2 Å². The lowest BCUT2D eigenvalue weighted by Crippen LogP contribution is -2.35. The van der Waals surface area contributed by atoms with Crippen LogP contribution in [-0.2, 0) is 11.3 Å². The van der Waals surface area contributed by atoms with Crippen LogP contribution < -0.4 is 5.32 Å². The average Bonchev–Trinajstić information content (AvgIpc) is 3.38. The summed E-state index contributed by atoms with van der Waals surface area (Å²) in [5, 5.41) is 10.2. The van der Waals surface area contributed by atoms with E-state index in [1.807, 2.05) is 6.92 Å². The highest BCUT2D eigenvalue weighted by Crippen LogP contribution is 2.28. The van der Waals surface area contributed by atoms with Crippen LogP contribution in [0.25, 0.3) is 6.08 Å². The molecule has 0 spiro atoms. The summed E-state index contributed by atoms with van der Waals surface area (Å²) in [4.78, 5) is 16.2. The number of likely N-dealkylation sites (tertiary alicyclic amines) is 1. The van der Waals surface area contributed by atoms with Crippen LogP contribution >= 0.6 is 22.9 Å². The van der Waals surface area contributed by atoms with Gasteiger partial charge in [0.25, 0.3) is 0 Å². The molecule has 2 aromatic rings. The summed E-state index contributed by atoms with van der Waals surface area (Å²) in [6.07, 6.45) is 5.79. The predicted octanol–water partition coefficient (Wildman–Crippen LogP) is 4.53. The Bertz CT molecular complexity index is 807. The predicted molar refractivity (Wildman–Crippen MR) is 117 cm³/mol. The average molecular weight is 421 g/mol. The van der Waals surface area contributed by atoms with Gasteiger partial charge in [0.05, 0.1) is 11.7 Å². The van der Waals surface area contributed by atoms with Gasteiger partial charge in [-0.05, 0) is 56.3 Å². The van der Waals surface area contributed by atoms with E-state index in [-0.39, 0.29) is 11.9 Å². The molecule has 3 heterocycles. The largest absolute Gasteiger partial charge is 0.351 e.